The quantitative estimate of drug-likeness (QED) is 0.799. The van der Waals surface area contributed by atoms with Crippen molar-refractivity contribution < 1.29 is 5.11 Å². The Morgan fingerprint density at radius 1 is 1.14 bits per heavy atom. The van der Waals surface area contributed by atoms with Gasteiger partial charge in [-0.3, -0.25) is 0 Å². The highest BCUT2D eigenvalue weighted by Crippen LogP contribution is 2.29. The first-order valence-corrected chi connectivity index (χ1v) is 7.44. The summed E-state index contributed by atoms with van der Waals surface area (Å²) in [7, 11) is 0. The van der Waals surface area contributed by atoms with Gasteiger partial charge in [0.25, 0.3) is 0 Å². The van der Waals surface area contributed by atoms with Crippen LogP contribution in [0.1, 0.15) is 24.2 Å². The first-order chi connectivity index (χ1) is 10.7. The van der Waals surface area contributed by atoms with Crippen LogP contribution in [-0.4, -0.2) is 20.1 Å². The maximum Gasteiger partial charge on any atom is 0.116 e. The zero-order valence-corrected chi connectivity index (χ0v) is 12.9. The molecule has 1 heterocycles. The van der Waals surface area contributed by atoms with Gasteiger partial charge in [-0.15, -0.1) is 5.10 Å². The SMILES string of the molecule is CC(c1ccccc1)n1nnc(CO)c1-c1cccc(Cl)c1. The van der Waals surface area contributed by atoms with E-state index in [1.165, 1.54) is 0 Å². The van der Waals surface area contributed by atoms with Crippen molar-refractivity contribution in [3.63, 3.8) is 0 Å². The van der Waals surface area contributed by atoms with Gasteiger partial charge in [-0.2, -0.15) is 0 Å². The highest BCUT2D eigenvalue weighted by molar-refractivity contribution is 6.30. The molecule has 4 nitrogen and oxygen atoms in total. The molecule has 22 heavy (non-hydrogen) atoms. The molecule has 0 aliphatic carbocycles. The first-order valence-electron chi connectivity index (χ1n) is 7.06. The molecular formula is C17H16ClN3O. The Bertz CT molecular complexity index is 771. The molecule has 0 amide bonds. The van der Waals surface area contributed by atoms with Crippen LogP contribution in [0.5, 0.6) is 0 Å². The molecule has 1 unspecified atom stereocenters. The maximum atomic E-state index is 9.57. The maximum absolute atomic E-state index is 9.57. The van der Waals surface area contributed by atoms with Crippen LogP contribution in [-0.2, 0) is 6.61 Å². The Kier molecular flexibility index (Phi) is 4.22. The molecule has 3 aromatic rings. The number of benzene rings is 2. The van der Waals surface area contributed by atoms with Crippen LogP contribution < -0.4 is 0 Å². The van der Waals surface area contributed by atoms with Gasteiger partial charge in [-0.05, 0) is 24.6 Å². The van der Waals surface area contributed by atoms with Crippen molar-refractivity contribution in [3.8, 4) is 11.3 Å². The van der Waals surface area contributed by atoms with E-state index in [4.69, 9.17) is 11.6 Å². The number of rotatable bonds is 4. The van der Waals surface area contributed by atoms with Gasteiger partial charge in [0.15, 0.2) is 0 Å². The van der Waals surface area contributed by atoms with Gasteiger partial charge in [0.2, 0.25) is 0 Å². The molecular weight excluding hydrogens is 298 g/mol. The van der Waals surface area contributed by atoms with Crippen molar-refractivity contribution in [2.45, 2.75) is 19.6 Å². The van der Waals surface area contributed by atoms with Gasteiger partial charge >= 0.3 is 0 Å². The minimum absolute atomic E-state index is 0.00276. The molecule has 0 saturated carbocycles. The standard InChI is InChI=1S/C17H16ClN3O/c1-12(13-6-3-2-4-7-13)21-17(16(11-22)19-20-21)14-8-5-9-15(18)10-14/h2-10,12,22H,11H2,1H3. The number of hydrogen-bond donors (Lipinski definition) is 1. The molecule has 0 bridgehead atoms. The van der Waals surface area contributed by atoms with Gasteiger partial charge in [0, 0.05) is 10.6 Å². The third-order valence-corrected chi connectivity index (χ3v) is 3.90. The van der Waals surface area contributed by atoms with Crippen LogP contribution in [0.2, 0.25) is 5.02 Å². The van der Waals surface area contributed by atoms with E-state index in [2.05, 4.69) is 17.2 Å². The first kappa shape index (κ1) is 14.8. The zero-order valence-electron chi connectivity index (χ0n) is 12.1. The van der Waals surface area contributed by atoms with Gasteiger partial charge in [0.1, 0.15) is 5.69 Å². The summed E-state index contributed by atoms with van der Waals surface area (Å²) in [6, 6.07) is 17.6. The molecule has 2 aromatic carbocycles. The fraction of sp³-hybridized carbons (Fsp3) is 0.176. The summed E-state index contributed by atoms with van der Waals surface area (Å²) in [5.74, 6) is 0. The third-order valence-electron chi connectivity index (χ3n) is 3.66. The van der Waals surface area contributed by atoms with E-state index in [-0.39, 0.29) is 12.6 Å². The van der Waals surface area contributed by atoms with Crippen molar-refractivity contribution in [2.24, 2.45) is 0 Å². The van der Waals surface area contributed by atoms with Crippen LogP contribution in [0.25, 0.3) is 11.3 Å². The third kappa shape index (κ3) is 2.75. The largest absolute Gasteiger partial charge is 0.390 e. The molecule has 0 aliphatic heterocycles. The number of aromatic nitrogens is 3. The smallest absolute Gasteiger partial charge is 0.116 e. The van der Waals surface area contributed by atoms with Crippen molar-refractivity contribution in [1.82, 2.24) is 15.0 Å². The van der Waals surface area contributed by atoms with Crippen LogP contribution in [0, 0.1) is 0 Å². The molecule has 112 valence electrons. The molecule has 0 saturated heterocycles. The molecule has 0 aliphatic rings. The fourth-order valence-corrected chi connectivity index (χ4v) is 2.70. The van der Waals surface area contributed by atoms with Crippen molar-refractivity contribution in [3.05, 3.63) is 70.9 Å². The van der Waals surface area contributed by atoms with E-state index >= 15 is 0 Å². The van der Waals surface area contributed by atoms with Gasteiger partial charge < -0.3 is 5.11 Å². The monoisotopic (exact) mass is 313 g/mol. The Labute approximate surface area is 134 Å². The lowest BCUT2D eigenvalue weighted by Crippen LogP contribution is -2.10. The van der Waals surface area contributed by atoms with Gasteiger partial charge in [0.05, 0.1) is 18.3 Å². The predicted molar refractivity (Wildman–Crippen MR) is 86.6 cm³/mol. The topological polar surface area (TPSA) is 50.9 Å². The van der Waals surface area contributed by atoms with Crippen LogP contribution in [0.15, 0.2) is 54.6 Å². The summed E-state index contributed by atoms with van der Waals surface area (Å²) < 4.78 is 1.83. The number of halogens is 1. The van der Waals surface area contributed by atoms with Gasteiger partial charge in [-0.25, -0.2) is 4.68 Å². The summed E-state index contributed by atoms with van der Waals surface area (Å²) in [5, 5.41) is 18.5. The molecule has 0 spiro atoms. The summed E-state index contributed by atoms with van der Waals surface area (Å²) in [5.41, 5.74) is 3.36. The molecule has 3 rings (SSSR count). The second-order valence-electron chi connectivity index (χ2n) is 5.08. The minimum atomic E-state index is -0.163. The number of nitrogens with zero attached hydrogens (tertiary/aromatic N) is 3. The molecule has 1 N–H and O–H groups in total. The highest BCUT2D eigenvalue weighted by atomic mass is 35.5. The second-order valence-corrected chi connectivity index (χ2v) is 5.52. The van der Waals surface area contributed by atoms with Crippen LogP contribution >= 0.6 is 11.6 Å². The minimum Gasteiger partial charge on any atom is -0.390 e. The summed E-state index contributed by atoms with van der Waals surface area (Å²) in [4.78, 5) is 0. The lowest BCUT2D eigenvalue weighted by atomic mass is 10.1. The van der Waals surface area contributed by atoms with E-state index in [0.717, 1.165) is 16.8 Å². The normalized spacial score (nSPS) is 12.3. The van der Waals surface area contributed by atoms with Crippen molar-refractivity contribution >= 4 is 11.6 Å². The average molecular weight is 314 g/mol. The number of aliphatic hydroxyl groups is 1. The predicted octanol–water partition coefficient (Wildman–Crippen LogP) is 3.70. The van der Waals surface area contributed by atoms with E-state index in [9.17, 15) is 5.11 Å². The average Bonchev–Trinajstić information content (AvgIpc) is 2.99. The summed E-state index contributed by atoms with van der Waals surface area (Å²) in [6.45, 7) is 1.89. The van der Waals surface area contributed by atoms with E-state index in [1.807, 2.05) is 59.3 Å². The van der Waals surface area contributed by atoms with Crippen molar-refractivity contribution in [2.75, 3.05) is 0 Å². The summed E-state index contributed by atoms with van der Waals surface area (Å²) >= 11 is 6.09. The Balaban J connectivity index is 2.12. The molecule has 0 radical (unpaired) electrons. The zero-order chi connectivity index (χ0) is 15.5. The molecule has 0 fully saturated rings. The van der Waals surface area contributed by atoms with Crippen LogP contribution in [0.3, 0.4) is 0 Å². The Morgan fingerprint density at radius 2 is 1.91 bits per heavy atom. The lowest BCUT2D eigenvalue weighted by Gasteiger charge is -2.16. The summed E-state index contributed by atoms with van der Waals surface area (Å²) in [6.07, 6.45) is 0. The number of aliphatic hydroxyl groups excluding tert-OH is 1. The molecule has 1 atom stereocenters. The number of hydrogen-bond acceptors (Lipinski definition) is 3. The lowest BCUT2D eigenvalue weighted by molar-refractivity contribution is 0.277. The fourth-order valence-electron chi connectivity index (χ4n) is 2.51. The Hall–Kier alpha value is -2.17. The van der Waals surface area contributed by atoms with E-state index < -0.39 is 0 Å². The van der Waals surface area contributed by atoms with E-state index in [0.29, 0.717) is 10.7 Å². The van der Waals surface area contributed by atoms with E-state index in [1.54, 1.807) is 0 Å². The van der Waals surface area contributed by atoms with Gasteiger partial charge in [-0.1, -0.05) is 59.3 Å². The Morgan fingerprint density at radius 3 is 2.59 bits per heavy atom. The second kappa shape index (κ2) is 6.30. The highest BCUT2D eigenvalue weighted by Gasteiger charge is 2.19. The molecule has 1 aromatic heterocycles. The van der Waals surface area contributed by atoms with Crippen molar-refractivity contribution in [1.29, 1.82) is 0 Å². The van der Waals surface area contributed by atoms with Crippen LogP contribution in [0.4, 0.5) is 0 Å². The molecule has 5 heteroatoms.